The van der Waals surface area contributed by atoms with Gasteiger partial charge in [-0.3, -0.25) is 14.8 Å². The van der Waals surface area contributed by atoms with Crippen LogP contribution in [0.25, 0.3) is 88.6 Å². The Bertz CT molecular complexity index is 4830. The van der Waals surface area contributed by atoms with Gasteiger partial charge in [0.1, 0.15) is 28.0 Å². The molecule has 8 aromatic carbocycles. The number of carbonyl (C=O) groups is 2. The lowest BCUT2D eigenvalue weighted by Crippen LogP contribution is -2.36. The number of nitrogens with one attached hydrogen (secondary N) is 2. The molecule has 0 saturated carbocycles. The molecular weight excluding hydrogens is 1140 g/mol. The van der Waals surface area contributed by atoms with E-state index in [1.807, 2.05) is 163 Å². The number of fused-ring (bicyclic) bond motifs is 10. The number of halogens is 1. The van der Waals surface area contributed by atoms with E-state index in [1.165, 1.54) is 6.07 Å². The average molecular weight is 1190 g/mol. The van der Waals surface area contributed by atoms with E-state index in [9.17, 15) is 24.6 Å². The summed E-state index contributed by atoms with van der Waals surface area (Å²) in [5.41, 5.74) is 20.0. The number of benzene rings is 9. The number of phenols is 2. The number of para-hydroxylation sites is 13. The van der Waals surface area contributed by atoms with Gasteiger partial charge in [0.2, 0.25) is 5.43 Å². The number of aromatic carboxylic acids is 1. The molecule has 11 aromatic rings. The molecule has 1 atom stereocenters. The maximum Gasteiger partial charge on any atom is 0.337 e. The highest BCUT2D eigenvalue weighted by Gasteiger charge is 2.27. The van der Waals surface area contributed by atoms with Crippen LogP contribution in [-0.2, 0) is 11.8 Å². The van der Waals surface area contributed by atoms with Gasteiger partial charge in [0.15, 0.2) is 5.75 Å². The zero-order valence-corrected chi connectivity index (χ0v) is 47.2. The highest BCUT2D eigenvalue weighted by Crippen LogP contribution is 2.34. The van der Waals surface area contributed by atoms with Gasteiger partial charge in [0.05, 0.1) is 105 Å². The van der Waals surface area contributed by atoms with Gasteiger partial charge in [-0.1, -0.05) is 91.0 Å². The smallest absolute Gasteiger partial charge is 0.337 e. The number of allylic oxidation sites excluding steroid dienone is 2. The second kappa shape index (κ2) is 25.4. The lowest BCUT2D eigenvalue weighted by atomic mass is 9.95. The van der Waals surface area contributed by atoms with Crippen LogP contribution < -0.4 is 16.5 Å². The van der Waals surface area contributed by atoms with Crippen molar-refractivity contribution < 1.29 is 24.9 Å². The van der Waals surface area contributed by atoms with Crippen molar-refractivity contribution in [2.24, 2.45) is 17.8 Å². The quantitative estimate of drug-likeness (QED) is 0.0694. The van der Waals surface area contributed by atoms with Crippen molar-refractivity contribution in [2.75, 3.05) is 12.0 Å². The zero-order chi connectivity index (χ0) is 58.9. The van der Waals surface area contributed by atoms with Crippen LogP contribution in [0, 0.1) is 5.16 Å². The molecule has 18 nitrogen and oxygen atoms in total. The Labute approximate surface area is 488 Å². The summed E-state index contributed by atoms with van der Waals surface area (Å²) in [4.78, 5) is 69.4. The van der Waals surface area contributed by atoms with E-state index < -0.39 is 11.9 Å². The Morgan fingerprint density at radius 2 is 1.10 bits per heavy atom. The summed E-state index contributed by atoms with van der Waals surface area (Å²) < 4.78 is 2.63. The summed E-state index contributed by atoms with van der Waals surface area (Å²) in [6.07, 6.45) is 5.49. The normalized spacial score (nSPS) is 12.8. The number of rotatable bonds is 2. The van der Waals surface area contributed by atoms with Crippen LogP contribution in [0.5, 0.6) is 11.5 Å². The maximum atomic E-state index is 11.7. The molecule has 0 spiro atoms. The number of aromatic nitrogens is 8. The number of hydrogen-bond acceptors (Lipinski definition) is 15. The highest BCUT2D eigenvalue weighted by atomic mass is 79.9. The molecule has 1 amide bonds. The zero-order valence-electron chi connectivity index (χ0n) is 44.7. The molecule has 3 aromatic heterocycles. The molecule has 7 N–H and O–H groups in total. The van der Waals surface area contributed by atoms with Crippen molar-refractivity contribution in [3.8, 4) is 22.9 Å². The number of phenolic OH excluding ortho intramolecular Hbond substituents is 2. The first-order valence-electron chi connectivity index (χ1n) is 25.8. The Morgan fingerprint density at radius 3 is 1.71 bits per heavy atom. The average Bonchev–Trinajstić information content (AvgIpc) is 3.68. The van der Waals surface area contributed by atoms with Crippen LogP contribution in [-0.4, -0.2) is 85.1 Å². The van der Waals surface area contributed by atoms with Gasteiger partial charge in [0, 0.05) is 7.05 Å². The SMILES string of the molecule is CP=N.Cn1c2cccc(=O)c-2nc2ccccc21.NC(=O)C1=CC=CC2Nc3ccccc3N=C12.O=C(O)c1cccc2nc3ccccc3nc12.Oc1c(Br)ccc2nc3ccccc3nc12.Oc1cccc2nc3ccccc3nc12. The minimum atomic E-state index is -0.986. The van der Waals surface area contributed by atoms with Crippen molar-refractivity contribution in [3.05, 3.63) is 232 Å². The molecule has 5 heterocycles. The number of aromatic hydroxyl groups is 2. The summed E-state index contributed by atoms with van der Waals surface area (Å²) in [7, 11) is 2.62. The lowest BCUT2D eigenvalue weighted by Gasteiger charge is -2.27. The Morgan fingerprint density at radius 1 is 0.595 bits per heavy atom. The van der Waals surface area contributed by atoms with E-state index in [0.29, 0.717) is 68.4 Å². The first-order chi connectivity index (χ1) is 40.8. The number of nitrogens with zero attached hydrogens (tertiary/aromatic N) is 9. The van der Waals surface area contributed by atoms with Crippen LogP contribution in [0.4, 0.5) is 11.4 Å². The minimum Gasteiger partial charge on any atom is -0.506 e. The number of carboxylic acid groups (broad SMARTS) is 1. The molecule has 0 radical (unpaired) electrons. The number of aryl methyl sites for hydroxylation is 1. The molecule has 2 aliphatic heterocycles. The summed E-state index contributed by atoms with van der Waals surface area (Å²) in [5, 5.41) is 38.1. The third-order valence-electron chi connectivity index (χ3n) is 13.1. The summed E-state index contributed by atoms with van der Waals surface area (Å²) in [6, 6.07) is 57.1. The minimum absolute atomic E-state index is 0.0288. The number of amides is 1. The molecule has 84 heavy (non-hydrogen) atoms. The van der Waals surface area contributed by atoms with E-state index in [-0.39, 0.29) is 28.5 Å². The molecule has 0 bridgehead atoms. The molecular formula is C64H48BrN12O6P. The highest BCUT2D eigenvalue weighted by molar-refractivity contribution is 9.10. The van der Waals surface area contributed by atoms with Gasteiger partial charge in [-0.15, -0.1) is 0 Å². The topological polar surface area (TPSA) is 281 Å². The Hall–Kier alpha value is -10.8. The van der Waals surface area contributed by atoms with Gasteiger partial charge in [-0.25, -0.2) is 44.7 Å². The third-order valence-corrected chi connectivity index (χ3v) is 13.7. The Balaban J connectivity index is 0.000000116. The van der Waals surface area contributed by atoms with Gasteiger partial charge >= 0.3 is 5.97 Å². The monoisotopic (exact) mass is 1190 g/mol. The first-order valence-corrected chi connectivity index (χ1v) is 27.9. The largest absolute Gasteiger partial charge is 0.506 e. The summed E-state index contributed by atoms with van der Waals surface area (Å²) >= 11 is 3.26. The van der Waals surface area contributed by atoms with Crippen molar-refractivity contribution in [2.45, 2.75) is 6.04 Å². The van der Waals surface area contributed by atoms with E-state index in [1.54, 1.807) is 55.2 Å². The van der Waals surface area contributed by atoms with Gasteiger partial charge in [-0.2, -0.15) is 0 Å². The Kier molecular flexibility index (Phi) is 17.1. The van der Waals surface area contributed by atoms with E-state index >= 15 is 0 Å². The predicted octanol–water partition coefficient (Wildman–Crippen LogP) is 13.1. The second-order valence-corrected chi connectivity index (χ2v) is 19.8. The number of hydrogen-bond donors (Lipinski definition) is 6. The van der Waals surface area contributed by atoms with Crippen LogP contribution in [0.2, 0.25) is 0 Å². The predicted molar refractivity (Wildman–Crippen MR) is 336 cm³/mol. The maximum absolute atomic E-state index is 11.7. The van der Waals surface area contributed by atoms with Crippen molar-refractivity contribution >= 4 is 130 Å². The molecule has 1 unspecified atom stereocenters. The number of aliphatic imine (C=N–C) groups is 1. The van der Waals surface area contributed by atoms with Crippen LogP contribution >= 0.6 is 24.3 Å². The van der Waals surface area contributed by atoms with E-state index in [0.717, 1.165) is 55.7 Å². The molecule has 412 valence electrons. The lowest BCUT2D eigenvalue weighted by molar-refractivity contribution is -0.114. The van der Waals surface area contributed by atoms with Gasteiger partial charge in [0.25, 0.3) is 5.91 Å². The van der Waals surface area contributed by atoms with Crippen LogP contribution in [0.15, 0.2) is 226 Å². The number of nitrogens with two attached hydrogens (primary N) is 1. The fourth-order valence-electron chi connectivity index (χ4n) is 9.13. The standard InChI is InChI=1S/C13H11N3O.C13H8N2O2.C13H10N2O.C12H7BrN2O.C12H8N2O.CH4NP/c14-13(17)8-4-3-7-11-12(8)16-10-6-2-1-5-9(10)15-11;16-13(17)8-4-3-7-11-12(8)15-10-6-2-1-5-9(10)14-11;1-15-10-6-3-2-5-9(10)14-13-11(15)7-4-8-12(13)16;13-7-5-6-10-11(12(7)16)15-9-4-2-1-3-8(9)14-10;15-11-7-3-6-10-12(11)14-9-5-2-1-4-8(9)13-10;1-3-2/h1-7,11,15H,(H2,14,17);1-7H,(H,16,17);2-8H,1H3;1-6,16H;1-7,15H;2H,1H3. The summed E-state index contributed by atoms with van der Waals surface area (Å²) in [6.45, 7) is 1.76. The van der Waals surface area contributed by atoms with Crippen LogP contribution in [0.3, 0.4) is 0 Å². The van der Waals surface area contributed by atoms with E-state index in [4.69, 9.17) is 16.0 Å². The van der Waals surface area contributed by atoms with Crippen molar-refractivity contribution in [1.82, 2.24) is 39.5 Å². The van der Waals surface area contributed by atoms with Crippen molar-refractivity contribution in [1.29, 1.82) is 5.16 Å². The second-order valence-electron chi connectivity index (χ2n) is 18.5. The number of carbonyl (C=O) groups excluding carboxylic acids is 1. The number of anilines is 1. The number of carboxylic acids is 1. The molecule has 15 rings (SSSR count). The number of primary amides is 1. The van der Waals surface area contributed by atoms with Crippen molar-refractivity contribution in [3.63, 3.8) is 0 Å². The van der Waals surface area contributed by atoms with Gasteiger partial charge < -0.3 is 30.9 Å². The summed E-state index contributed by atoms with van der Waals surface area (Å²) in [5.74, 6) is -1.12. The molecule has 0 saturated heterocycles. The first kappa shape index (κ1) is 56.5. The molecule has 4 aliphatic rings. The van der Waals surface area contributed by atoms with E-state index in [2.05, 4.69) is 61.1 Å². The molecule has 20 heteroatoms. The fourth-order valence-corrected chi connectivity index (χ4v) is 9.45. The van der Waals surface area contributed by atoms with Crippen LogP contribution in [0.1, 0.15) is 10.4 Å². The molecule has 0 fully saturated rings. The molecule has 2 aliphatic carbocycles. The third kappa shape index (κ3) is 12.3. The fraction of sp³-hybridized carbons (Fsp3) is 0.0469. The van der Waals surface area contributed by atoms with Gasteiger partial charge in [-0.05, 0) is 146 Å².